The second kappa shape index (κ2) is 7.11. The minimum absolute atomic E-state index is 0.0648. The molecule has 118 valence electrons. The Bertz CT molecular complexity index is 431. The molecule has 2 N–H and O–H groups in total. The molecule has 0 aliphatic carbocycles. The number of nitrogens with zero attached hydrogens (tertiary/aromatic N) is 1. The van der Waals surface area contributed by atoms with Crippen LogP contribution in [0.2, 0.25) is 0 Å². The average molecular weight is 304 g/mol. The minimum atomic E-state index is -4.35. The van der Waals surface area contributed by atoms with Gasteiger partial charge in [-0.25, -0.2) is 0 Å². The Hall–Kier alpha value is -1.31. The normalized spacial score (nSPS) is 18.5. The highest BCUT2D eigenvalue weighted by molar-refractivity contribution is 5.28. The second-order valence-electron chi connectivity index (χ2n) is 5.04. The van der Waals surface area contributed by atoms with Crippen molar-refractivity contribution >= 4 is 0 Å². The summed E-state index contributed by atoms with van der Waals surface area (Å²) in [6.45, 7) is 4.10. The summed E-state index contributed by atoms with van der Waals surface area (Å²) >= 11 is 0. The Morgan fingerprint density at radius 1 is 1.19 bits per heavy atom. The second-order valence-corrected chi connectivity index (χ2v) is 5.04. The van der Waals surface area contributed by atoms with Gasteiger partial charge in [-0.2, -0.15) is 13.2 Å². The molecule has 0 radical (unpaired) electrons. The van der Waals surface area contributed by atoms with Gasteiger partial charge in [0.1, 0.15) is 18.5 Å². The van der Waals surface area contributed by atoms with Crippen molar-refractivity contribution in [1.82, 2.24) is 10.2 Å². The summed E-state index contributed by atoms with van der Waals surface area (Å²) < 4.78 is 42.5. The number of halogens is 3. The van der Waals surface area contributed by atoms with E-state index in [1.165, 1.54) is 12.1 Å². The molecule has 1 aromatic carbocycles. The highest BCUT2D eigenvalue weighted by Gasteiger charge is 2.30. The van der Waals surface area contributed by atoms with Crippen LogP contribution in [0.25, 0.3) is 0 Å². The van der Waals surface area contributed by atoms with Gasteiger partial charge in [0.15, 0.2) is 0 Å². The Balaban J connectivity index is 1.76. The molecule has 7 heteroatoms. The molecule has 1 heterocycles. The summed E-state index contributed by atoms with van der Waals surface area (Å²) in [6.07, 6.45) is -5.01. The van der Waals surface area contributed by atoms with E-state index in [4.69, 9.17) is 4.74 Å². The lowest BCUT2D eigenvalue weighted by Crippen LogP contribution is -2.47. The molecule has 0 aromatic heterocycles. The van der Waals surface area contributed by atoms with Crippen molar-refractivity contribution in [1.29, 1.82) is 0 Å². The summed E-state index contributed by atoms with van der Waals surface area (Å²) in [7, 11) is 0. The predicted molar refractivity (Wildman–Crippen MR) is 72.3 cm³/mol. The lowest BCUT2D eigenvalue weighted by atomic mass is 10.2. The van der Waals surface area contributed by atoms with E-state index in [0.29, 0.717) is 12.3 Å². The number of benzene rings is 1. The first-order valence-corrected chi connectivity index (χ1v) is 6.86. The quantitative estimate of drug-likeness (QED) is 0.862. The van der Waals surface area contributed by atoms with Crippen molar-refractivity contribution in [2.75, 3.05) is 39.3 Å². The van der Waals surface area contributed by atoms with Gasteiger partial charge in [-0.05, 0) is 24.3 Å². The number of aliphatic hydroxyl groups excluding tert-OH is 1. The molecule has 1 aliphatic rings. The van der Waals surface area contributed by atoms with Gasteiger partial charge >= 0.3 is 6.18 Å². The number of piperazine rings is 1. The first-order valence-electron chi connectivity index (χ1n) is 6.86. The standard InChI is InChI=1S/C14H19F3N2O2/c15-14(16,17)11-1-3-13(4-2-11)21-10-12(20)9-19-7-5-18-6-8-19/h1-4,12,18,20H,5-10H2. The Labute approximate surface area is 121 Å². The zero-order valence-corrected chi connectivity index (χ0v) is 11.6. The molecule has 1 aromatic rings. The average Bonchev–Trinajstić information content (AvgIpc) is 2.46. The third-order valence-electron chi connectivity index (χ3n) is 3.30. The van der Waals surface area contributed by atoms with Crippen LogP contribution in [0.1, 0.15) is 5.56 Å². The Morgan fingerprint density at radius 3 is 2.38 bits per heavy atom. The summed E-state index contributed by atoms with van der Waals surface area (Å²) in [5.74, 6) is 0.322. The first kappa shape index (κ1) is 16.1. The topological polar surface area (TPSA) is 44.7 Å². The van der Waals surface area contributed by atoms with Crippen LogP contribution in [0.4, 0.5) is 13.2 Å². The monoisotopic (exact) mass is 304 g/mol. The van der Waals surface area contributed by atoms with E-state index in [1.807, 2.05) is 0 Å². The van der Waals surface area contributed by atoms with Gasteiger partial charge in [0, 0.05) is 32.7 Å². The molecule has 0 bridgehead atoms. The molecule has 0 saturated carbocycles. The fourth-order valence-corrected chi connectivity index (χ4v) is 2.18. The van der Waals surface area contributed by atoms with E-state index in [2.05, 4.69) is 10.2 Å². The molecule has 1 atom stereocenters. The van der Waals surface area contributed by atoms with Gasteiger partial charge < -0.3 is 15.2 Å². The lowest BCUT2D eigenvalue weighted by molar-refractivity contribution is -0.137. The van der Waals surface area contributed by atoms with E-state index in [-0.39, 0.29) is 6.61 Å². The fraction of sp³-hybridized carbons (Fsp3) is 0.571. The lowest BCUT2D eigenvalue weighted by Gasteiger charge is -2.29. The van der Waals surface area contributed by atoms with Crippen LogP contribution in [0.15, 0.2) is 24.3 Å². The Kier molecular flexibility index (Phi) is 5.44. The van der Waals surface area contributed by atoms with Crippen LogP contribution in [-0.4, -0.2) is 55.4 Å². The van der Waals surface area contributed by atoms with Crippen molar-refractivity contribution < 1.29 is 23.0 Å². The number of β-amino-alcohol motifs (C(OH)–C–C–N with tert-alkyl or cyclic N) is 1. The van der Waals surface area contributed by atoms with Crippen molar-refractivity contribution in [2.45, 2.75) is 12.3 Å². The van der Waals surface area contributed by atoms with Crippen LogP contribution >= 0.6 is 0 Å². The molecule has 0 spiro atoms. The minimum Gasteiger partial charge on any atom is -0.491 e. The van der Waals surface area contributed by atoms with Crippen LogP contribution in [0, 0.1) is 0 Å². The SMILES string of the molecule is OC(COc1ccc(C(F)(F)F)cc1)CN1CCNCC1. The highest BCUT2D eigenvalue weighted by atomic mass is 19.4. The van der Waals surface area contributed by atoms with Crippen molar-refractivity contribution in [2.24, 2.45) is 0 Å². The van der Waals surface area contributed by atoms with Crippen LogP contribution in [0.5, 0.6) is 5.75 Å². The van der Waals surface area contributed by atoms with Crippen LogP contribution in [0.3, 0.4) is 0 Å². The summed E-state index contributed by atoms with van der Waals surface area (Å²) in [5.41, 5.74) is -0.712. The number of hydrogen-bond acceptors (Lipinski definition) is 4. The molecule has 1 fully saturated rings. The fourth-order valence-electron chi connectivity index (χ4n) is 2.18. The number of ether oxygens (including phenoxy) is 1. The first-order chi connectivity index (χ1) is 9.95. The molecule has 1 unspecified atom stereocenters. The molecule has 4 nitrogen and oxygen atoms in total. The maximum Gasteiger partial charge on any atom is 0.416 e. The molecule has 1 saturated heterocycles. The highest BCUT2D eigenvalue weighted by Crippen LogP contribution is 2.30. The number of nitrogens with one attached hydrogen (secondary N) is 1. The maximum atomic E-state index is 12.4. The number of aliphatic hydroxyl groups is 1. The van der Waals surface area contributed by atoms with Gasteiger partial charge in [-0.3, -0.25) is 4.90 Å². The summed E-state index contributed by atoms with van der Waals surface area (Å²) in [6, 6.07) is 4.47. The molecule has 21 heavy (non-hydrogen) atoms. The van der Waals surface area contributed by atoms with E-state index in [0.717, 1.165) is 38.3 Å². The zero-order chi connectivity index (χ0) is 15.3. The van der Waals surface area contributed by atoms with Gasteiger partial charge in [0.05, 0.1) is 5.56 Å². The van der Waals surface area contributed by atoms with Crippen molar-refractivity contribution in [3.05, 3.63) is 29.8 Å². The van der Waals surface area contributed by atoms with Crippen LogP contribution < -0.4 is 10.1 Å². The summed E-state index contributed by atoms with van der Waals surface area (Å²) in [5, 5.41) is 13.1. The van der Waals surface area contributed by atoms with Crippen LogP contribution in [-0.2, 0) is 6.18 Å². The van der Waals surface area contributed by atoms with Crippen molar-refractivity contribution in [3.63, 3.8) is 0 Å². The third kappa shape index (κ3) is 5.18. The van der Waals surface area contributed by atoms with Gasteiger partial charge in [-0.15, -0.1) is 0 Å². The van der Waals surface area contributed by atoms with E-state index in [1.54, 1.807) is 0 Å². The smallest absolute Gasteiger partial charge is 0.416 e. The van der Waals surface area contributed by atoms with E-state index >= 15 is 0 Å². The van der Waals surface area contributed by atoms with E-state index in [9.17, 15) is 18.3 Å². The number of alkyl halides is 3. The van der Waals surface area contributed by atoms with Gasteiger partial charge in [-0.1, -0.05) is 0 Å². The summed E-state index contributed by atoms with van der Waals surface area (Å²) in [4.78, 5) is 2.12. The zero-order valence-electron chi connectivity index (χ0n) is 11.6. The number of hydrogen-bond donors (Lipinski definition) is 2. The third-order valence-corrected chi connectivity index (χ3v) is 3.30. The van der Waals surface area contributed by atoms with Crippen molar-refractivity contribution in [3.8, 4) is 5.75 Å². The molecule has 2 rings (SSSR count). The number of rotatable bonds is 5. The molecule has 1 aliphatic heterocycles. The molecule has 0 amide bonds. The Morgan fingerprint density at radius 2 is 1.81 bits per heavy atom. The van der Waals surface area contributed by atoms with Gasteiger partial charge in [0.2, 0.25) is 0 Å². The van der Waals surface area contributed by atoms with Gasteiger partial charge in [0.25, 0.3) is 0 Å². The van der Waals surface area contributed by atoms with E-state index < -0.39 is 17.8 Å². The largest absolute Gasteiger partial charge is 0.491 e. The maximum absolute atomic E-state index is 12.4. The predicted octanol–water partition coefficient (Wildman–Crippen LogP) is 1.35. The molecular weight excluding hydrogens is 285 g/mol. The molecular formula is C14H19F3N2O2.